The van der Waals surface area contributed by atoms with Gasteiger partial charge in [0.1, 0.15) is 5.75 Å². The molecule has 0 atom stereocenters. The van der Waals surface area contributed by atoms with Gasteiger partial charge < -0.3 is 15.4 Å². The second-order valence-electron chi connectivity index (χ2n) is 6.36. The van der Waals surface area contributed by atoms with Crippen LogP contribution in [-0.4, -0.2) is 23.2 Å². The van der Waals surface area contributed by atoms with Gasteiger partial charge in [0.2, 0.25) is 0 Å². The standard InChI is InChI=1S/C21H22N4O2/c1-14(2)15-8-10-16(11-9-15)22-21(26)18-12-13-20(25-24-18)23-17-6-4-5-7-19(17)27-3/h4-14H,1-3H3,(H,22,26)(H,23,25). The fraction of sp³-hybridized carbons (Fsp3) is 0.190. The van der Waals surface area contributed by atoms with E-state index in [4.69, 9.17) is 4.74 Å². The van der Waals surface area contributed by atoms with Crippen molar-refractivity contribution in [2.24, 2.45) is 0 Å². The lowest BCUT2D eigenvalue weighted by Gasteiger charge is -2.10. The lowest BCUT2D eigenvalue weighted by Crippen LogP contribution is -2.14. The number of para-hydroxylation sites is 2. The highest BCUT2D eigenvalue weighted by molar-refractivity contribution is 6.02. The molecule has 0 unspecified atom stereocenters. The highest BCUT2D eigenvalue weighted by Crippen LogP contribution is 2.25. The van der Waals surface area contributed by atoms with Crippen LogP contribution in [0.3, 0.4) is 0 Å². The maximum absolute atomic E-state index is 12.3. The molecular weight excluding hydrogens is 340 g/mol. The molecule has 2 aromatic carbocycles. The summed E-state index contributed by atoms with van der Waals surface area (Å²) in [6, 6.07) is 18.6. The van der Waals surface area contributed by atoms with Crippen molar-refractivity contribution in [3.63, 3.8) is 0 Å². The Balaban J connectivity index is 1.66. The van der Waals surface area contributed by atoms with Crippen LogP contribution >= 0.6 is 0 Å². The summed E-state index contributed by atoms with van der Waals surface area (Å²) in [6.07, 6.45) is 0. The van der Waals surface area contributed by atoms with Gasteiger partial charge in [-0.25, -0.2) is 0 Å². The summed E-state index contributed by atoms with van der Waals surface area (Å²) < 4.78 is 5.29. The number of methoxy groups -OCH3 is 1. The first-order valence-electron chi connectivity index (χ1n) is 8.72. The van der Waals surface area contributed by atoms with E-state index in [1.807, 2.05) is 48.5 Å². The highest BCUT2D eigenvalue weighted by Gasteiger charge is 2.10. The molecule has 6 heteroatoms. The van der Waals surface area contributed by atoms with E-state index >= 15 is 0 Å². The molecule has 6 nitrogen and oxygen atoms in total. The summed E-state index contributed by atoms with van der Waals surface area (Å²) >= 11 is 0. The number of anilines is 3. The van der Waals surface area contributed by atoms with Gasteiger partial charge in [-0.05, 0) is 47.9 Å². The summed E-state index contributed by atoms with van der Waals surface area (Å²) in [4.78, 5) is 12.3. The van der Waals surface area contributed by atoms with Gasteiger partial charge in [0.05, 0.1) is 12.8 Å². The Hall–Kier alpha value is -3.41. The zero-order valence-electron chi connectivity index (χ0n) is 15.6. The van der Waals surface area contributed by atoms with Gasteiger partial charge in [0.15, 0.2) is 11.5 Å². The first-order valence-corrected chi connectivity index (χ1v) is 8.72. The number of nitrogens with one attached hydrogen (secondary N) is 2. The first-order chi connectivity index (χ1) is 13.1. The second kappa shape index (κ2) is 8.31. The van der Waals surface area contributed by atoms with E-state index < -0.39 is 0 Å². The lowest BCUT2D eigenvalue weighted by molar-refractivity contribution is 0.102. The third kappa shape index (κ3) is 4.61. The summed E-state index contributed by atoms with van der Waals surface area (Å²) in [7, 11) is 1.60. The molecular formula is C21H22N4O2. The maximum atomic E-state index is 12.3. The fourth-order valence-electron chi connectivity index (χ4n) is 2.55. The molecule has 0 spiro atoms. The predicted molar refractivity (Wildman–Crippen MR) is 107 cm³/mol. The van der Waals surface area contributed by atoms with Crippen LogP contribution in [0.25, 0.3) is 0 Å². The van der Waals surface area contributed by atoms with Crippen LogP contribution in [0.4, 0.5) is 17.2 Å². The number of carbonyl (C=O) groups excluding carboxylic acids is 1. The largest absolute Gasteiger partial charge is 0.495 e. The van der Waals surface area contributed by atoms with E-state index in [1.165, 1.54) is 5.56 Å². The summed E-state index contributed by atoms with van der Waals surface area (Å²) in [6.45, 7) is 4.26. The third-order valence-electron chi connectivity index (χ3n) is 4.10. The van der Waals surface area contributed by atoms with Crippen molar-refractivity contribution in [2.75, 3.05) is 17.7 Å². The molecule has 0 aliphatic carbocycles. The zero-order chi connectivity index (χ0) is 19.2. The van der Waals surface area contributed by atoms with Gasteiger partial charge in [0.25, 0.3) is 5.91 Å². The Morgan fingerprint density at radius 2 is 1.70 bits per heavy atom. The van der Waals surface area contributed by atoms with Crippen molar-refractivity contribution in [3.05, 3.63) is 71.9 Å². The number of ether oxygens (including phenoxy) is 1. The van der Waals surface area contributed by atoms with Crippen molar-refractivity contribution in [1.82, 2.24) is 10.2 Å². The molecule has 3 aromatic rings. The van der Waals surface area contributed by atoms with Crippen LogP contribution in [0.2, 0.25) is 0 Å². The molecule has 2 N–H and O–H groups in total. The molecule has 1 aromatic heterocycles. The molecule has 0 aliphatic rings. The van der Waals surface area contributed by atoms with Crippen molar-refractivity contribution < 1.29 is 9.53 Å². The predicted octanol–water partition coefficient (Wildman–Crippen LogP) is 4.60. The van der Waals surface area contributed by atoms with E-state index in [1.54, 1.807) is 19.2 Å². The van der Waals surface area contributed by atoms with Gasteiger partial charge in [-0.3, -0.25) is 4.79 Å². The molecule has 0 saturated heterocycles. The summed E-state index contributed by atoms with van der Waals surface area (Å²) in [5.41, 5.74) is 2.97. The fourth-order valence-corrected chi connectivity index (χ4v) is 2.55. The topological polar surface area (TPSA) is 76.1 Å². The Morgan fingerprint density at radius 3 is 2.33 bits per heavy atom. The van der Waals surface area contributed by atoms with Crippen molar-refractivity contribution in [3.8, 4) is 5.75 Å². The second-order valence-corrected chi connectivity index (χ2v) is 6.36. The van der Waals surface area contributed by atoms with Crippen molar-refractivity contribution in [1.29, 1.82) is 0 Å². The van der Waals surface area contributed by atoms with Crippen LogP contribution < -0.4 is 15.4 Å². The van der Waals surface area contributed by atoms with Crippen molar-refractivity contribution >= 4 is 23.1 Å². The number of aromatic nitrogens is 2. The average Bonchev–Trinajstić information content (AvgIpc) is 2.69. The number of hydrogen-bond acceptors (Lipinski definition) is 5. The minimum absolute atomic E-state index is 0.244. The number of nitrogens with zero attached hydrogens (tertiary/aromatic N) is 2. The summed E-state index contributed by atoms with van der Waals surface area (Å²) in [5.74, 6) is 1.37. The van der Waals surface area contributed by atoms with Crippen LogP contribution in [0.15, 0.2) is 60.7 Å². The molecule has 0 bridgehead atoms. The van der Waals surface area contributed by atoms with Gasteiger partial charge in [-0.2, -0.15) is 0 Å². The monoisotopic (exact) mass is 362 g/mol. The highest BCUT2D eigenvalue weighted by atomic mass is 16.5. The Morgan fingerprint density at radius 1 is 0.963 bits per heavy atom. The first kappa shape index (κ1) is 18.4. The van der Waals surface area contributed by atoms with E-state index in [0.717, 1.165) is 11.4 Å². The number of benzene rings is 2. The average molecular weight is 362 g/mol. The number of carbonyl (C=O) groups is 1. The smallest absolute Gasteiger partial charge is 0.276 e. The lowest BCUT2D eigenvalue weighted by atomic mass is 10.0. The Kier molecular flexibility index (Phi) is 5.66. The zero-order valence-corrected chi connectivity index (χ0v) is 15.6. The Bertz CT molecular complexity index is 906. The van der Waals surface area contributed by atoms with Crippen molar-refractivity contribution in [2.45, 2.75) is 19.8 Å². The maximum Gasteiger partial charge on any atom is 0.276 e. The van der Waals surface area contributed by atoms with Crippen LogP contribution in [0, 0.1) is 0 Å². The van der Waals surface area contributed by atoms with E-state index in [0.29, 0.717) is 17.5 Å². The molecule has 3 rings (SSSR count). The molecule has 0 fully saturated rings. The molecule has 27 heavy (non-hydrogen) atoms. The van der Waals surface area contributed by atoms with Gasteiger partial charge in [0, 0.05) is 5.69 Å². The van der Waals surface area contributed by atoms with Crippen LogP contribution in [-0.2, 0) is 0 Å². The normalized spacial score (nSPS) is 10.5. The minimum Gasteiger partial charge on any atom is -0.495 e. The molecule has 0 radical (unpaired) electrons. The molecule has 0 aliphatic heterocycles. The van der Waals surface area contributed by atoms with Gasteiger partial charge >= 0.3 is 0 Å². The van der Waals surface area contributed by atoms with E-state index in [2.05, 4.69) is 34.7 Å². The van der Waals surface area contributed by atoms with Crippen LogP contribution in [0.1, 0.15) is 35.8 Å². The minimum atomic E-state index is -0.302. The molecule has 1 amide bonds. The third-order valence-corrected chi connectivity index (χ3v) is 4.10. The molecule has 1 heterocycles. The molecule has 138 valence electrons. The van der Waals surface area contributed by atoms with Gasteiger partial charge in [-0.1, -0.05) is 38.1 Å². The van der Waals surface area contributed by atoms with Gasteiger partial charge in [-0.15, -0.1) is 10.2 Å². The quantitative estimate of drug-likeness (QED) is 0.670. The summed E-state index contributed by atoms with van der Waals surface area (Å²) in [5, 5.41) is 14.0. The number of hydrogen-bond donors (Lipinski definition) is 2. The molecule has 0 saturated carbocycles. The van der Waals surface area contributed by atoms with E-state index in [-0.39, 0.29) is 11.6 Å². The number of rotatable bonds is 6. The number of amides is 1. The SMILES string of the molecule is COc1ccccc1Nc1ccc(C(=O)Nc2ccc(C(C)C)cc2)nn1. The van der Waals surface area contributed by atoms with E-state index in [9.17, 15) is 4.79 Å². The van der Waals surface area contributed by atoms with Crippen LogP contribution in [0.5, 0.6) is 5.75 Å². The Labute approximate surface area is 158 Å².